The molecule has 7 heteroatoms. The molecule has 0 unspecified atom stereocenters. The summed E-state index contributed by atoms with van der Waals surface area (Å²) in [5, 5.41) is 11.5. The molecule has 1 aliphatic heterocycles. The van der Waals surface area contributed by atoms with Gasteiger partial charge in [0.2, 0.25) is 0 Å². The van der Waals surface area contributed by atoms with E-state index in [1.165, 1.54) is 12.3 Å². The van der Waals surface area contributed by atoms with Gasteiger partial charge in [-0.3, -0.25) is 0 Å². The summed E-state index contributed by atoms with van der Waals surface area (Å²) in [6.07, 6.45) is 2.30. The lowest BCUT2D eigenvalue weighted by molar-refractivity contribution is 0.0690. The highest BCUT2D eigenvalue weighted by Crippen LogP contribution is 2.30. The number of rotatable bonds is 2. The van der Waals surface area contributed by atoms with Crippen LogP contribution in [0.3, 0.4) is 0 Å². The molecule has 0 bridgehead atoms. The molecule has 1 aliphatic rings. The van der Waals surface area contributed by atoms with Crippen LogP contribution < -0.4 is 5.32 Å². The summed E-state index contributed by atoms with van der Waals surface area (Å²) in [5.74, 6) is -0.170. The molecule has 1 aromatic heterocycles. The molecule has 0 radical (unpaired) electrons. The normalized spacial score (nSPS) is 17.9. The third-order valence-corrected chi connectivity index (χ3v) is 4.73. The number of thioether (sulfide) groups is 1. The second kappa shape index (κ2) is 6.34. The van der Waals surface area contributed by atoms with Gasteiger partial charge < -0.3 is 15.3 Å². The number of urea groups is 1. The molecule has 2 N–H and O–H groups in total. The fourth-order valence-corrected chi connectivity index (χ4v) is 3.12. The number of hydrogen-bond donors (Lipinski definition) is 2. The van der Waals surface area contributed by atoms with E-state index in [0.717, 1.165) is 12.2 Å². The summed E-state index contributed by atoms with van der Waals surface area (Å²) in [7, 11) is 0. The van der Waals surface area contributed by atoms with E-state index in [1.54, 1.807) is 11.0 Å². The van der Waals surface area contributed by atoms with Crippen molar-refractivity contribution >= 4 is 29.4 Å². The molecule has 6 nitrogen and oxygen atoms in total. The smallest absolute Gasteiger partial charge is 0.354 e. The van der Waals surface area contributed by atoms with Gasteiger partial charge in [-0.1, -0.05) is 13.8 Å². The van der Waals surface area contributed by atoms with Crippen LogP contribution in [-0.4, -0.2) is 50.6 Å². The Balaban J connectivity index is 1.96. The first-order chi connectivity index (χ1) is 9.87. The molecule has 114 valence electrons. The Bertz CT molecular complexity index is 531. The van der Waals surface area contributed by atoms with Crippen molar-refractivity contribution in [3.8, 4) is 0 Å². The van der Waals surface area contributed by atoms with Crippen LogP contribution in [0.15, 0.2) is 18.3 Å². The Labute approximate surface area is 127 Å². The number of amides is 2. The van der Waals surface area contributed by atoms with Crippen LogP contribution in [0.2, 0.25) is 0 Å². The minimum Gasteiger partial charge on any atom is -0.477 e. The van der Waals surface area contributed by atoms with E-state index in [9.17, 15) is 9.59 Å². The number of carboxylic acid groups (broad SMARTS) is 1. The van der Waals surface area contributed by atoms with Gasteiger partial charge in [-0.25, -0.2) is 14.6 Å². The van der Waals surface area contributed by atoms with Crippen molar-refractivity contribution in [3.05, 3.63) is 24.0 Å². The highest BCUT2D eigenvalue weighted by atomic mass is 32.2. The van der Waals surface area contributed by atoms with Gasteiger partial charge in [0.05, 0.1) is 11.9 Å². The fraction of sp³-hybridized carbons (Fsp3) is 0.500. The minimum absolute atomic E-state index is 0.0408. The molecule has 2 heterocycles. The van der Waals surface area contributed by atoms with Crippen molar-refractivity contribution in [1.29, 1.82) is 0 Å². The number of carbonyl (C=O) groups is 2. The molecular formula is C14H19N3O3S. The van der Waals surface area contributed by atoms with Crippen molar-refractivity contribution < 1.29 is 14.7 Å². The number of carboxylic acids is 1. The van der Waals surface area contributed by atoms with E-state index in [2.05, 4.69) is 24.1 Å². The zero-order valence-electron chi connectivity index (χ0n) is 12.1. The molecule has 0 spiro atoms. The van der Waals surface area contributed by atoms with Crippen LogP contribution >= 0.6 is 11.8 Å². The Kier molecular flexibility index (Phi) is 4.72. The summed E-state index contributed by atoms with van der Waals surface area (Å²) in [6, 6.07) is 2.75. The van der Waals surface area contributed by atoms with E-state index in [0.29, 0.717) is 18.8 Å². The third-order valence-electron chi connectivity index (χ3n) is 3.36. The lowest BCUT2D eigenvalue weighted by Gasteiger charge is -2.22. The molecule has 21 heavy (non-hydrogen) atoms. The first-order valence-corrected chi connectivity index (χ1v) is 7.75. The number of carbonyl (C=O) groups excluding carboxylic acids is 1. The average molecular weight is 309 g/mol. The Hall–Kier alpha value is -1.76. The molecule has 1 aromatic rings. The van der Waals surface area contributed by atoms with Crippen LogP contribution in [0.4, 0.5) is 10.5 Å². The maximum atomic E-state index is 12.2. The highest BCUT2D eigenvalue weighted by Gasteiger charge is 2.25. The Morgan fingerprint density at radius 1 is 1.38 bits per heavy atom. The van der Waals surface area contributed by atoms with E-state index < -0.39 is 5.97 Å². The second-order valence-electron chi connectivity index (χ2n) is 5.51. The molecule has 0 aliphatic carbocycles. The minimum atomic E-state index is -1.08. The SMILES string of the molecule is CC1(C)CCN(C(=O)Nc2ccc(C(=O)O)nc2)CCS1. The number of hydrogen-bond acceptors (Lipinski definition) is 4. The predicted molar refractivity (Wildman–Crippen MR) is 82.9 cm³/mol. The van der Waals surface area contributed by atoms with Crippen molar-refractivity contribution in [2.45, 2.75) is 25.0 Å². The third kappa shape index (κ3) is 4.35. The van der Waals surface area contributed by atoms with Crippen molar-refractivity contribution in [2.75, 3.05) is 24.2 Å². The van der Waals surface area contributed by atoms with Crippen molar-refractivity contribution in [3.63, 3.8) is 0 Å². The number of pyridine rings is 1. The topological polar surface area (TPSA) is 82.5 Å². The quantitative estimate of drug-likeness (QED) is 0.877. The summed E-state index contributed by atoms with van der Waals surface area (Å²) < 4.78 is 0.194. The van der Waals surface area contributed by atoms with Gasteiger partial charge in [0.15, 0.2) is 0 Å². The number of aromatic carboxylic acids is 1. The fourth-order valence-electron chi connectivity index (χ4n) is 2.02. The van der Waals surface area contributed by atoms with Crippen LogP contribution in [-0.2, 0) is 0 Å². The number of aromatic nitrogens is 1. The zero-order chi connectivity index (χ0) is 15.5. The number of anilines is 1. The number of nitrogens with zero attached hydrogens (tertiary/aromatic N) is 2. The van der Waals surface area contributed by atoms with Gasteiger partial charge in [0, 0.05) is 23.6 Å². The monoisotopic (exact) mass is 309 g/mol. The largest absolute Gasteiger partial charge is 0.477 e. The maximum Gasteiger partial charge on any atom is 0.354 e. The lowest BCUT2D eigenvalue weighted by Crippen LogP contribution is -2.37. The molecule has 2 amide bonds. The highest BCUT2D eigenvalue weighted by molar-refractivity contribution is 8.00. The number of nitrogens with one attached hydrogen (secondary N) is 1. The summed E-state index contributed by atoms with van der Waals surface area (Å²) in [6.45, 7) is 5.80. The van der Waals surface area contributed by atoms with Crippen LogP contribution in [0, 0.1) is 0 Å². The predicted octanol–water partition coefficient (Wildman–Crippen LogP) is 2.53. The molecule has 1 fully saturated rings. The zero-order valence-corrected chi connectivity index (χ0v) is 12.9. The van der Waals surface area contributed by atoms with Gasteiger partial charge in [-0.2, -0.15) is 11.8 Å². The van der Waals surface area contributed by atoms with Crippen LogP contribution in [0.5, 0.6) is 0 Å². The summed E-state index contributed by atoms with van der Waals surface area (Å²) in [5.41, 5.74) is 0.460. The molecular weight excluding hydrogens is 290 g/mol. The Morgan fingerprint density at radius 2 is 2.14 bits per heavy atom. The second-order valence-corrected chi connectivity index (χ2v) is 7.31. The van der Waals surface area contributed by atoms with Crippen LogP contribution in [0.1, 0.15) is 30.8 Å². The molecule has 0 atom stereocenters. The molecule has 1 saturated heterocycles. The molecule has 0 aromatic carbocycles. The van der Waals surface area contributed by atoms with E-state index in [1.807, 2.05) is 11.8 Å². The maximum absolute atomic E-state index is 12.2. The average Bonchev–Trinajstić information content (AvgIpc) is 2.60. The van der Waals surface area contributed by atoms with Gasteiger partial charge in [-0.15, -0.1) is 0 Å². The van der Waals surface area contributed by atoms with E-state index >= 15 is 0 Å². The van der Waals surface area contributed by atoms with E-state index in [4.69, 9.17) is 5.11 Å². The standard InChI is InChI=1S/C14H19N3O3S/c1-14(2)5-6-17(7-8-21-14)13(20)16-10-3-4-11(12(18)19)15-9-10/h3-4,9H,5-8H2,1-2H3,(H,16,20)(H,18,19). The summed E-state index contributed by atoms with van der Waals surface area (Å²) >= 11 is 1.87. The van der Waals surface area contributed by atoms with Crippen LogP contribution in [0.25, 0.3) is 0 Å². The molecule has 2 rings (SSSR count). The van der Waals surface area contributed by atoms with Gasteiger partial charge >= 0.3 is 12.0 Å². The Morgan fingerprint density at radius 3 is 2.76 bits per heavy atom. The summed E-state index contributed by atoms with van der Waals surface area (Å²) in [4.78, 5) is 28.5. The van der Waals surface area contributed by atoms with E-state index in [-0.39, 0.29) is 16.5 Å². The van der Waals surface area contributed by atoms with Gasteiger partial charge in [-0.05, 0) is 18.6 Å². The molecule has 0 saturated carbocycles. The van der Waals surface area contributed by atoms with Crippen molar-refractivity contribution in [2.24, 2.45) is 0 Å². The van der Waals surface area contributed by atoms with Crippen molar-refractivity contribution in [1.82, 2.24) is 9.88 Å². The first kappa shape index (κ1) is 15.6. The van der Waals surface area contributed by atoms with Gasteiger partial charge in [0.1, 0.15) is 5.69 Å². The van der Waals surface area contributed by atoms with Gasteiger partial charge in [0.25, 0.3) is 0 Å². The first-order valence-electron chi connectivity index (χ1n) is 6.77. The lowest BCUT2D eigenvalue weighted by atomic mass is 10.1.